The summed E-state index contributed by atoms with van der Waals surface area (Å²) in [6.07, 6.45) is 1.91. The summed E-state index contributed by atoms with van der Waals surface area (Å²) in [6.45, 7) is 6.34. The predicted molar refractivity (Wildman–Crippen MR) is 74.4 cm³/mol. The van der Waals surface area contributed by atoms with Crippen LogP contribution in [0.1, 0.15) is 26.7 Å². The highest BCUT2D eigenvalue weighted by Crippen LogP contribution is 2.28. The Morgan fingerprint density at radius 3 is 2.70 bits per heavy atom. The predicted octanol–water partition coefficient (Wildman–Crippen LogP) is 3.32. The van der Waals surface area contributed by atoms with Crippen LogP contribution in [-0.4, -0.2) is 25.7 Å². The van der Waals surface area contributed by atoms with E-state index in [1.165, 1.54) is 0 Å². The Morgan fingerprint density at radius 1 is 1.30 bits per heavy atom. The fourth-order valence-electron chi connectivity index (χ4n) is 2.77. The van der Waals surface area contributed by atoms with Crippen LogP contribution >= 0.6 is 0 Å². The summed E-state index contributed by atoms with van der Waals surface area (Å²) in [6, 6.07) is 2.04. The lowest BCUT2D eigenvalue weighted by Gasteiger charge is -2.38. The fraction of sp³-hybridized carbons (Fsp3) is 0.600. The summed E-state index contributed by atoms with van der Waals surface area (Å²) < 4.78 is 40.3. The Morgan fingerprint density at radius 2 is 2.05 bits per heavy atom. The van der Waals surface area contributed by atoms with Crippen molar-refractivity contribution < 1.29 is 13.2 Å². The second-order valence-electron chi connectivity index (χ2n) is 5.49. The summed E-state index contributed by atoms with van der Waals surface area (Å²) in [5.74, 6) is -2.52. The number of anilines is 1. The van der Waals surface area contributed by atoms with Gasteiger partial charge in [-0.25, -0.2) is 13.2 Å². The molecule has 1 aromatic carbocycles. The van der Waals surface area contributed by atoms with Crippen molar-refractivity contribution in [1.82, 2.24) is 5.32 Å². The molecule has 1 fully saturated rings. The van der Waals surface area contributed by atoms with Gasteiger partial charge in [-0.05, 0) is 25.3 Å². The molecule has 2 unspecified atom stereocenters. The number of hydrogen-bond donors (Lipinski definition) is 1. The van der Waals surface area contributed by atoms with Crippen LogP contribution in [0.5, 0.6) is 0 Å². The van der Waals surface area contributed by atoms with Crippen molar-refractivity contribution in [1.29, 1.82) is 0 Å². The molecule has 20 heavy (non-hydrogen) atoms. The largest absolute Gasteiger partial charge is 0.369 e. The first-order valence-corrected chi connectivity index (χ1v) is 7.15. The Labute approximate surface area is 118 Å². The second-order valence-corrected chi connectivity index (χ2v) is 5.49. The first-order chi connectivity index (χ1) is 9.52. The minimum atomic E-state index is -1.13. The standard InChI is InChI=1S/C15H21F3N2/c1-3-5-19-13-4-6-20(9-10(13)2)14-8-11(16)7-12(17)15(14)18/h7-8,10,13,19H,3-6,9H2,1-2H3. The normalized spacial score (nSPS) is 23.1. The summed E-state index contributed by atoms with van der Waals surface area (Å²) in [5, 5.41) is 3.46. The molecule has 1 saturated heterocycles. The van der Waals surface area contributed by atoms with Crippen molar-refractivity contribution in [2.24, 2.45) is 5.92 Å². The van der Waals surface area contributed by atoms with E-state index < -0.39 is 17.5 Å². The lowest BCUT2D eigenvalue weighted by Crippen LogP contribution is -2.48. The van der Waals surface area contributed by atoms with Gasteiger partial charge in [-0.2, -0.15) is 0 Å². The van der Waals surface area contributed by atoms with E-state index in [1.54, 1.807) is 4.90 Å². The van der Waals surface area contributed by atoms with E-state index in [9.17, 15) is 13.2 Å². The molecule has 1 heterocycles. The lowest BCUT2D eigenvalue weighted by molar-refractivity contribution is 0.320. The van der Waals surface area contributed by atoms with Gasteiger partial charge in [0, 0.05) is 31.3 Å². The maximum absolute atomic E-state index is 13.8. The molecular weight excluding hydrogens is 265 g/mol. The van der Waals surface area contributed by atoms with E-state index in [2.05, 4.69) is 19.2 Å². The molecule has 0 spiro atoms. The first kappa shape index (κ1) is 15.2. The molecule has 2 nitrogen and oxygen atoms in total. The molecule has 1 aromatic rings. The van der Waals surface area contributed by atoms with Crippen molar-refractivity contribution in [2.75, 3.05) is 24.5 Å². The Hall–Kier alpha value is -1.23. The third-order valence-electron chi connectivity index (χ3n) is 3.88. The number of benzene rings is 1. The number of nitrogens with zero attached hydrogens (tertiary/aromatic N) is 1. The van der Waals surface area contributed by atoms with Gasteiger partial charge < -0.3 is 10.2 Å². The number of nitrogens with one attached hydrogen (secondary N) is 1. The average molecular weight is 286 g/mol. The van der Waals surface area contributed by atoms with Crippen LogP contribution in [-0.2, 0) is 0 Å². The van der Waals surface area contributed by atoms with Gasteiger partial charge in [0.1, 0.15) is 5.82 Å². The SMILES string of the molecule is CCCNC1CCN(c2cc(F)cc(F)c2F)CC1C. The van der Waals surface area contributed by atoms with Crippen LogP contribution in [0.25, 0.3) is 0 Å². The van der Waals surface area contributed by atoms with Crippen LogP contribution < -0.4 is 10.2 Å². The molecule has 0 amide bonds. The Balaban J connectivity index is 2.09. The zero-order valence-electron chi connectivity index (χ0n) is 11.9. The summed E-state index contributed by atoms with van der Waals surface area (Å²) in [7, 11) is 0. The number of halogens is 3. The van der Waals surface area contributed by atoms with Gasteiger partial charge in [-0.1, -0.05) is 13.8 Å². The molecule has 0 aliphatic carbocycles. The summed E-state index contributed by atoms with van der Waals surface area (Å²) in [4.78, 5) is 1.73. The molecular formula is C15H21F3N2. The maximum atomic E-state index is 13.8. The summed E-state index contributed by atoms with van der Waals surface area (Å²) >= 11 is 0. The zero-order chi connectivity index (χ0) is 14.7. The Kier molecular flexibility index (Phi) is 4.91. The van der Waals surface area contributed by atoms with E-state index in [1.807, 2.05) is 0 Å². The van der Waals surface area contributed by atoms with Gasteiger partial charge >= 0.3 is 0 Å². The third-order valence-corrected chi connectivity index (χ3v) is 3.88. The van der Waals surface area contributed by atoms with E-state index in [4.69, 9.17) is 0 Å². The van der Waals surface area contributed by atoms with E-state index in [0.717, 1.165) is 25.5 Å². The van der Waals surface area contributed by atoms with E-state index in [0.29, 0.717) is 31.1 Å². The van der Waals surface area contributed by atoms with Crippen molar-refractivity contribution in [3.63, 3.8) is 0 Å². The van der Waals surface area contributed by atoms with Crippen LogP contribution in [0, 0.1) is 23.4 Å². The first-order valence-electron chi connectivity index (χ1n) is 7.15. The van der Waals surface area contributed by atoms with Gasteiger partial charge in [0.05, 0.1) is 5.69 Å². The molecule has 2 atom stereocenters. The number of piperidine rings is 1. The highest BCUT2D eigenvalue weighted by Gasteiger charge is 2.28. The maximum Gasteiger partial charge on any atom is 0.182 e. The number of rotatable bonds is 4. The number of hydrogen-bond acceptors (Lipinski definition) is 2. The van der Waals surface area contributed by atoms with Crippen molar-refractivity contribution >= 4 is 5.69 Å². The van der Waals surface area contributed by atoms with Crippen molar-refractivity contribution in [3.05, 3.63) is 29.6 Å². The third kappa shape index (κ3) is 3.26. The minimum Gasteiger partial charge on any atom is -0.369 e. The van der Waals surface area contributed by atoms with Crippen LogP contribution in [0.3, 0.4) is 0 Å². The molecule has 5 heteroatoms. The highest BCUT2D eigenvalue weighted by atomic mass is 19.2. The minimum absolute atomic E-state index is 0.0308. The van der Waals surface area contributed by atoms with Crippen LogP contribution in [0.15, 0.2) is 12.1 Å². The molecule has 0 bridgehead atoms. The van der Waals surface area contributed by atoms with Crippen LogP contribution in [0.2, 0.25) is 0 Å². The highest BCUT2D eigenvalue weighted by molar-refractivity contribution is 5.49. The molecule has 0 radical (unpaired) electrons. The smallest absolute Gasteiger partial charge is 0.182 e. The van der Waals surface area contributed by atoms with Crippen molar-refractivity contribution in [2.45, 2.75) is 32.7 Å². The van der Waals surface area contributed by atoms with Crippen LogP contribution in [0.4, 0.5) is 18.9 Å². The van der Waals surface area contributed by atoms with Gasteiger partial charge in [0.2, 0.25) is 0 Å². The topological polar surface area (TPSA) is 15.3 Å². The molecule has 112 valence electrons. The zero-order valence-corrected chi connectivity index (χ0v) is 11.9. The molecule has 1 aliphatic heterocycles. The molecule has 0 saturated carbocycles. The lowest BCUT2D eigenvalue weighted by atomic mass is 9.93. The fourth-order valence-corrected chi connectivity index (χ4v) is 2.77. The van der Waals surface area contributed by atoms with E-state index in [-0.39, 0.29) is 5.69 Å². The van der Waals surface area contributed by atoms with E-state index >= 15 is 0 Å². The molecule has 1 aliphatic rings. The van der Waals surface area contributed by atoms with Gasteiger partial charge in [-0.3, -0.25) is 0 Å². The van der Waals surface area contributed by atoms with Gasteiger partial charge in [0.25, 0.3) is 0 Å². The monoisotopic (exact) mass is 286 g/mol. The van der Waals surface area contributed by atoms with Gasteiger partial charge in [0.15, 0.2) is 11.6 Å². The average Bonchev–Trinajstić information content (AvgIpc) is 2.41. The molecule has 0 aromatic heterocycles. The van der Waals surface area contributed by atoms with Crippen molar-refractivity contribution in [3.8, 4) is 0 Å². The second kappa shape index (κ2) is 6.48. The molecule has 2 rings (SSSR count). The summed E-state index contributed by atoms with van der Waals surface area (Å²) in [5.41, 5.74) is 0.0308. The Bertz CT molecular complexity index is 465. The quantitative estimate of drug-likeness (QED) is 0.854. The van der Waals surface area contributed by atoms with Gasteiger partial charge in [-0.15, -0.1) is 0 Å². The molecule has 1 N–H and O–H groups in total.